The molecule has 3 amide bonds. The number of amides is 3. The molecule has 1 aromatic heterocycles. The monoisotopic (exact) mass is 802 g/mol. The SMILES string of the molecule is COc1ccc(C(SCCNC(=O)CCC(NC(=O)c2ccc(NCc3cnc(N=C(N)NC=O)c(C)n3)cc2)C(=O)O)(c2ccccc2)c2ccc(C)cc2)cc1. The van der Waals surface area contributed by atoms with Gasteiger partial charge in [-0.3, -0.25) is 24.7 Å². The number of carboxylic acids is 1. The van der Waals surface area contributed by atoms with Crippen LogP contribution in [-0.2, 0) is 25.7 Å². The van der Waals surface area contributed by atoms with Crippen molar-refractivity contribution in [2.24, 2.45) is 10.7 Å². The highest BCUT2D eigenvalue weighted by Gasteiger charge is 2.37. The second kappa shape index (κ2) is 20.4. The molecule has 0 bridgehead atoms. The highest BCUT2D eigenvalue weighted by Crippen LogP contribution is 2.48. The molecule has 0 aliphatic heterocycles. The fourth-order valence-electron chi connectivity index (χ4n) is 6.15. The Hall–Kier alpha value is -6.74. The van der Waals surface area contributed by atoms with Crippen LogP contribution in [0.1, 0.15) is 56.8 Å². The Kier molecular flexibility index (Phi) is 14.9. The van der Waals surface area contributed by atoms with E-state index in [0.717, 1.165) is 28.0 Å². The number of hydrogen-bond donors (Lipinski definition) is 6. The third-order valence-electron chi connectivity index (χ3n) is 9.17. The van der Waals surface area contributed by atoms with Crippen LogP contribution in [0.25, 0.3) is 0 Å². The zero-order valence-electron chi connectivity index (χ0n) is 32.4. The van der Waals surface area contributed by atoms with Gasteiger partial charge < -0.3 is 31.5 Å². The van der Waals surface area contributed by atoms with Crippen molar-refractivity contribution in [1.29, 1.82) is 0 Å². The van der Waals surface area contributed by atoms with E-state index in [1.54, 1.807) is 50.1 Å². The first-order valence-electron chi connectivity index (χ1n) is 18.4. The zero-order valence-corrected chi connectivity index (χ0v) is 33.2. The molecular weight excluding hydrogens is 757 g/mol. The number of aromatic nitrogens is 2. The summed E-state index contributed by atoms with van der Waals surface area (Å²) in [4.78, 5) is 61.3. The van der Waals surface area contributed by atoms with Crippen LogP contribution in [-0.4, -0.2) is 70.7 Å². The van der Waals surface area contributed by atoms with Gasteiger partial charge in [0.15, 0.2) is 5.82 Å². The summed E-state index contributed by atoms with van der Waals surface area (Å²) in [6.07, 6.45) is 1.75. The van der Waals surface area contributed by atoms with Crippen LogP contribution < -0.4 is 31.7 Å². The van der Waals surface area contributed by atoms with Gasteiger partial charge in [0.2, 0.25) is 18.3 Å². The van der Waals surface area contributed by atoms with Crippen LogP contribution >= 0.6 is 11.8 Å². The number of ether oxygens (including phenoxy) is 1. The number of methoxy groups -OCH3 is 1. The zero-order chi connectivity index (χ0) is 41.5. The van der Waals surface area contributed by atoms with Gasteiger partial charge >= 0.3 is 5.97 Å². The number of nitrogens with two attached hydrogens (primary N) is 1. The fraction of sp³-hybridized carbons (Fsp3) is 0.233. The van der Waals surface area contributed by atoms with Crippen molar-refractivity contribution in [1.82, 2.24) is 25.9 Å². The molecular formula is C43H46N8O6S. The molecule has 5 aromatic rings. The molecule has 0 saturated heterocycles. The van der Waals surface area contributed by atoms with Crippen molar-refractivity contribution >= 4 is 53.4 Å². The van der Waals surface area contributed by atoms with Crippen molar-refractivity contribution in [3.05, 3.63) is 149 Å². The van der Waals surface area contributed by atoms with Gasteiger partial charge in [-0.15, -0.1) is 11.8 Å². The Labute approximate surface area is 341 Å². The summed E-state index contributed by atoms with van der Waals surface area (Å²) in [6, 6.07) is 31.9. The lowest BCUT2D eigenvalue weighted by molar-refractivity contribution is -0.139. The Bertz CT molecular complexity index is 2200. The van der Waals surface area contributed by atoms with Crippen LogP contribution in [0.2, 0.25) is 0 Å². The highest BCUT2D eigenvalue weighted by molar-refractivity contribution is 8.00. The maximum absolute atomic E-state index is 13.0. The van der Waals surface area contributed by atoms with E-state index in [1.165, 1.54) is 6.20 Å². The maximum Gasteiger partial charge on any atom is 0.326 e. The fourth-order valence-corrected chi connectivity index (χ4v) is 7.57. The number of nitrogens with zero attached hydrogens (tertiary/aromatic N) is 3. The second-order valence-corrected chi connectivity index (χ2v) is 14.5. The number of guanidine groups is 1. The number of aryl methyl sites for hydroxylation is 2. The minimum absolute atomic E-state index is 0.0897. The van der Waals surface area contributed by atoms with Gasteiger partial charge in [0.1, 0.15) is 11.8 Å². The van der Waals surface area contributed by atoms with E-state index in [1.807, 2.05) is 30.3 Å². The second-order valence-electron chi connectivity index (χ2n) is 13.2. The largest absolute Gasteiger partial charge is 0.497 e. The average Bonchev–Trinajstić information content (AvgIpc) is 3.23. The number of thioether (sulfide) groups is 1. The van der Waals surface area contributed by atoms with Gasteiger partial charge in [0, 0.05) is 30.0 Å². The van der Waals surface area contributed by atoms with E-state index in [2.05, 4.69) is 91.7 Å². The third-order valence-corrected chi connectivity index (χ3v) is 10.7. The van der Waals surface area contributed by atoms with Gasteiger partial charge in [-0.25, -0.2) is 9.78 Å². The molecule has 2 atom stereocenters. The normalized spacial score (nSPS) is 12.7. The first kappa shape index (κ1) is 42.4. The molecule has 0 saturated carbocycles. The van der Waals surface area contributed by atoms with Crippen LogP contribution in [0.4, 0.5) is 11.5 Å². The Morgan fingerprint density at radius 3 is 2.21 bits per heavy atom. The third kappa shape index (κ3) is 11.2. The molecule has 0 spiro atoms. The molecule has 4 aromatic carbocycles. The molecule has 2 unspecified atom stereocenters. The van der Waals surface area contributed by atoms with E-state index in [9.17, 15) is 24.3 Å². The molecule has 0 aliphatic carbocycles. The van der Waals surface area contributed by atoms with Gasteiger partial charge in [-0.05, 0) is 73.4 Å². The van der Waals surface area contributed by atoms with E-state index in [-0.39, 0.29) is 36.1 Å². The summed E-state index contributed by atoms with van der Waals surface area (Å²) in [5.41, 5.74) is 12.0. The van der Waals surface area contributed by atoms with Crippen LogP contribution in [0.15, 0.2) is 114 Å². The van der Waals surface area contributed by atoms with Crippen molar-refractivity contribution < 1.29 is 29.0 Å². The summed E-state index contributed by atoms with van der Waals surface area (Å²) in [6.45, 7) is 4.42. The highest BCUT2D eigenvalue weighted by atomic mass is 32.2. The molecule has 0 aliphatic rings. The summed E-state index contributed by atoms with van der Waals surface area (Å²) < 4.78 is 4.85. The lowest BCUT2D eigenvalue weighted by atomic mass is 9.83. The van der Waals surface area contributed by atoms with E-state index >= 15 is 0 Å². The van der Waals surface area contributed by atoms with Crippen molar-refractivity contribution in [3.63, 3.8) is 0 Å². The Morgan fingerprint density at radius 1 is 0.931 bits per heavy atom. The number of hydrogen-bond acceptors (Lipinski definition) is 10. The minimum Gasteiger partial charge on any atom is -0.497 e. The van der Waals surface area contributed by atoms with Crippen LogP contribution in [0, 0.1) is 13.8 Å². The first-order chi connectivity index (χ1) is 28.0. The number of nitrogens with one attached hydrogen (secondary N) is 4. The van der Waals surface area contributed by atoms with Gasteiger partial charge in [0.25, 0.3) is 5.91 Å². The quantitative estimate of drug-likeness (QED) is 0.0210. The van der Waals surface area contributed by atoms with Crippen LogP contribution in [0.5, 0.6) is 5.75 Å². The molecule has 14 nitrogen and oxygen atoms in total. The maximum atomic E-state index is 13.0. The Balaban J connectivity index is 1.15. The molecule has 5 rings (SSSR count). The topological polar surface area (TPSA) is 210 Å². The van der Waals surface area contributed by atoms with Crippen molar-refractivity contribution in [2.75, 3.05) is 24.7 Å². The molecule has 0 radical (unpaired) electrons. The lowest BCUT2D eigenvalue weighted by Crippen LogP contribution is -2.41. The number of carboxylic acid groups (broad SMARTS) is 1. The predicted molar refractivity (Wildman–Crippen MR) is 225 cm³/mol. The van der Waals surface area contributed by atoms with Crippen molar-refractivity contribution in [2.45, 2.75) is 44.0 Å². The number of aliphatic carboxylic acids is 1. The molecule has 15 heteroatoms. The lowest BCUT2D eigenvalue weighted by Gasteiger charge is -2.35. The van der Waals surface area contributed by atoms with E-state index < -0.39 is 22.7 Å². The molecule has 7 N–H and O–H groups in total. The van der Waals surface area contributed by atoms with E-state index in [4.69, 9.17) is 10.5 Å². The molecule has 1 heterocycles. The smallest absolute Gasteiger partial charge is 0.326 e. The molecule has 0 fully saturated rings. The summed E-state index contributed by atoms with van der Waals surface area (Å²) in [7, 11) is 1.64. The number of aliphatic imine (C=N–C) groups is 1. The number of anilines is 1. The summed E-state index contributed by atoms with van der Waals surface area (Å²) >= 11 is 1.70. The number of benzene rings is 4. The molecule has 300 valence electrons. The van der Waals surface area contributed by atoms with Gasteiger partial charge in [-0.2, -0.15) is 4.99 Å². The number of carbonyl (C=O) groups is 4. The summed E-state index contributed by atoms with van der Waals surface area (Å²) in [5, 5.41) is 20.8. The van der Waals surface area contributed by atoms with Crippen molar-refractivity contribution in [3.8, 4) is 5.75 Å². The van der Waals surface area contributed by atoms with E-state index in [0.29, 0.717) is 42.3 Å². The number of rotatable bonds is 19. The van der Waals surface area contributed by atoms with Gasteiger partial charge in [-0.1, -0.05) is 72.3 Å². The first-order valence-corrected chi connectivity index (χ1v) is 19.4. The predicted octanol–water partition coefficient (Wildman–Crippen LogP) is 5.21. The number of carbonyl (C=O) groups excluding carboxylic acids is 3. The standard InChI is InChI=1S/C43H46N8O6S/c1-28-9-13-32(14-10-28)43(31-7-5-4-6-8-31,33-15-19-36(57-3)20-16-33)58-24-23-45-38(53)22-21-37(41(55)56)50-40(54)30-11-17-34(18-12-30)46-25-35-26-47-39(29(2)49-35)51-42(44)48-27-52/h4-20,26-27,37,46H,21-25H2,1-3H3,(H,45,53)(H,50,54)(H,55,56)(H3,44,47,48,51,52). The average molecular weight is 803 g/mol. The Morgan fingerprint density at radius 2 is 1.59 bits per heavy atom. The summed E-state index contributed by atoms with van der Waals surface area (Å²) in [5.74, 6) is -0.666. The minimum atomic E-state index is -1.27. The van der Waals surface area contributed by atoms with Crippen LogP contribution in [0.3, 0.4) is 0 Å². The van der Waals surface area contributed by atoms with Gasteiger partial charge in [0.05, 0.1) is 36.0 Å². The molecule has 58 heavy (non-hydrogen) atoms.